The van der Waals surface area contributed by atoms with Gasteiger partial charge >= 0.3 is 6.18 Å². The number of H-pyrrole nitrogens is 1. The van der Waals surface area contributed by atoms with Crippen molar-refractivity contribution >= 4 is 28.5 Å². The molecule has 2 aromatic rings. The van der Waals surface area contributed by atoms with Crippen LogP contribution in [0.4, 0.5) is 19.0 Å². The van der Waals surface area contributed by atoms with Crippen molar-refractivity contribution in [2.45, 2.75) is 19.0 Å². The lowest BCUT2D eigenvalue weighted by Gasteiger charge is -2.08. The minimum atomic E-state index is -4.14. The largest absolute Gasteiger partial charge is 0.389 e. The van der Waals surface area contributed by atoms with E-state index in [4.69, 9.17) is 11.6 Å². The van der Waals surface area contributed by atoms with E-state index >= 15 is 0 Å². The molecule has 0 saturated heterocycles. The number of aromatic amines is 1. The monoisotopic (exact) mass is 279 g/mol. The molecule has 2 heterocycles. The second-order valence-electron chi connectivity index (χ2n) is 3.62. The summed E-state index contributed by atoms with van der Waals surface area (Å²) in [5.74, 6) is 0.376. The summed E-state index contributed by atoms with van der Waals surface area (Å²) in [5, 5.41) is 9.76. The van der Waals surface area contributed by atoms with Crippen LogP contribution in [0.1, 0.15) is 12.8 Å². The minimum absolute atomic E-state index is 0.00470. The van der Waals surface area contributed by atoms with Crippen molar-refractivity contribution in [1.29, 1.82) is 0 Å². The quantitative estimate of drug-likeness (QED) is 0.667. The molecule has 0 amide bonds. The number of nitrogens with one attached hydrogen (secondary N) is 2. The Bertz CT molecular complexity index is 538. The molecule has 18 heavy (non-hydrogen) atoms. The van der Waals surface area contributed by atoms with Crippen molar-refractivity contribution < 1.29 is 13.2 Å². The number of hydrogen-bond donors (Lipinski definition) is 2. The summed E-state index contributed by atoms with van der Waals surface area (Å²) in [6, 6.07) is 0. The van der Waals surface area contributed by atoms with Crippen LogP contribution in [0, 0.1) is 0 Å². The Morgan fingerprint density at radius 2 is 2.11 bits per heavy atom. The first kappa shape index (κ1) is 12.9. The number of anilines is 1. The molecule has 0 aliphatic carbocycles. The summed E-state index contributed by atoms with van der Waals surface area (Å²) in [6.45, 7) is 0.146. The van der Waals surface area contributed by atoms with Crippen LogP contribution in [0.5, 0.6) is 0 Å². The molecule has 0 atom stereocenters. The molecular formula is C9H9ClF3N5. The molecular weight excluding hydrogens is 271 g/mol. The number of hydrogen-bond acceptors (Lipinski definition) is 4. The molecule has 0 saturated carbocycles. The van der Waals surface area contributed by atoms with Gasteiger partial charge in [-0.2, -0.15) is 28.2 Å². The third kappa shape index (κ3) is 3.22. The van der Waals surface area contributed by atoms with Crippen LogP contribution in [-0.2, 0) is 0 Å². The first-order valence-electron chi connectivity index (χ1n) is 5.13. The zero-order valence-electron chi connectivity index (χ0n) is 9.05. The Kier molecular flexibility index (Phi) is 3.55. The van der Waals surface area contributed by atoms with Crippen LogP contribution < -0.4 is 5.32 Å². The predicted octanol–water partition coefficient (Wildman–Crippen LogP) is 2.76. The molecule has 0 radical (unpaired) electrons. The summed E-state index contributed by atoms with van der Waals surface area (Å²) < 4.78 is 35.9. The van der Waals surface area contributed by atoms with Crippen LogP contribution in [0.15, 0.2) is 6.20 Å². The molecule has 2 rings (SSSR count). The fraction of sp³-hybridized carbons (Fsp3) is 0.444. The van der Waals surface area contributed by atoms with E-state index < -0.39 is 12.6 Å². The van der Waals surface area contributed by atoms with Crippen molar-refractivity contribution in [2.24, 2.45) is 0 Å². The average molecular weight is 280 g/mol. The van der Waals surface area contributed by atoms with Gasteiger partial charge in [0.2, 0.25) is 5.28 Å². The lowest BCUT2D eigenvalue weighted by molar-refractivity contribution is -0.134. The number of nitrogens with zero attached hydrogens (tertiary/aromatic N) is 3. The maximum atomic E-state index is 12.0. The molecule has 9 heteroatoms. The lowest BCUT2D eigenvalue weighted by Crippen LogP contribution is -2.11. The fourth-order valence-corrected chi connectivity index (χ4v) is 1.61. The summed E-state index contributed by atoms with van der Waals surface area (Å²) >= 11 is 5.68. The first-order chi connectivity index (χ1) is 8.46. The number of rotatable bonds is 4. The van der Waals surface area contributed by atoms with Gasteiger partial charge in [0, 0.05) is 13.0 Å². The van der Waals surface area contributed by atoms with E-state index in [-0.39, 0.29) is 18.2 Å². The van der Waals surface area contributed by atoms with Crippen molar-refractivity contribution in [3.63, 3.8) is 0 Å². The fourth-order valence-electron chi connectivity index (χ4n) is 1.44. The Labute approximate surface area is 105 Å². The van der Waals surface area contributed by atoms with Gasteiger partial charge in [-0.15, -0.1) is 0 Å². The second kappa shape index (κ2) is 4.97. The predicted molar refractivity (Wildman–Crippen MR) is 60.5 cm³/mol. The zero-order valence-corrected chi connectivity index (χ0v) is 9.81. The molecule has 0 spiro atoms. The van der Waals surface area contributed by atoms with Crippen LogP contribution in [0.2, 0.25) is 5.28 Å². The van der Waals surface area contributed by atoms with Gasteiger partial charge in [0.1, 0.15) is 5.82 Å². The highest BCUT2D eigenvalue weighted by Crippen LogP contribution is 2.22. The number of fused-ring (bicyclic) bond motifs is 1. The van der Waals surface area contributed by atoms with E-state index in [1.54, 1.807) is 0 Å². The van der Waals surface area contributed by atoms with E-state index in [9.17, 15) is 13.2 Å². The highest BCUT2D eigenvalue weighted by molar-refractivity contribution is 6.28. The van der Waals surface area contributed by atoms with Gasteiger partial charge in [-0.3, -0.25) is 5.10 Å². The smallest absolute Gasteiger partial charge is 0.369 e. The van der Waals surface area contributed by atoms with Gasteiger partial charge in [-0.25, -0.2) is 0 Å². The first-order valence-corrected chi connectivity index (χ1v) is 5.51. The molecule has 0 aromatic carbocycles. The second-order valence-corrected chi connectivity index (χ2v) is 3.96. The van der Waals surface area contributed by atoms with Crippen molar-refractivity contribution in [2.75, 3.05) is 11.9 Å². The molecule has 98 valence electrons. The number of aromatic nitrogens is 4. The van der Waals surface area contributed by atoms with Gasteiger partial charge in [-0.1, -0.05) is 0 Å². The molecule has 0 fully saturated rings. The zero-order chi connectivity index (χ0) is 13.2. The van der Waals surface area contributed by atoms with Gasteiger partial charge in [-0.05, 0) is 18.0 Å². The normalized spacial score (nSPS) is 12.0. The topological polar surface area (TPSA) is 66.5 Å². The summed E-state index contributed by atoms with van der Waals surface area (Å²) in [4.78, 5) is 7.79. The standard InChI is InChI=1S/C9H9ClF3N5/c10-8-16-6(5-4-15-18-7(5)17-8)14-3-1-2-9(11,12)13/h4H,1-3H2,(H2,14,15,16,17,18). The highest BCUT2D eigenvalue weighted by atomic mass is 35.5. The van der Waals surface area contributed by atoms with Crippen LogP contribution in [0.25, 0.3) is 11.0 Å². The maximum absolute atomic E-state index is 12.0. The SMILES string of the molecule is FC(F)(F)CCCNc1nc(Cl)nc2[nH]ncc12. The van der Waals surface area contributed by atoms with E-state index in [0.717, 1.165) is 0 Å². The molecule has 0 aliphatic rings. The number of halogens is 4. The average Bonchev–Trinajstić information content (AvgIpc) is 2.70. The lowest BCUT2D eigenvalue weighted by atomic mass is 10.3. The van der Waals surface area contributed by atoms with Crippen LogP contribution in [0.3, 0.4) is 0 Å². The maximum Gasteiger partial charge on any atom is 0.389 e. The Morgan fingerprint density at radius 3 is 2.83 bits per heavy atom. The van der Waals surface area contributed by atoms with Gasteiger partial charge in [0.25, 0.3) is 0 Å². The molecule has 2 N–H and O–H groups in total. The van der Waals surface area contributed by atoms with Gasteiger partial charge < -0.3 is 5.32 Å². The Hall–Kier alpha value is -1.57. The summed E-state index contributed by atoms with van der Waals surface area (Å²) in [7, 11) is 0. The van der Waals surface area contributed by atoms with Crippen molar-refractivity contribution in [3.05, 3.63) is 11.5 Å². The minimum Gasteiger partial charge on any atom is -0.369 e. The third-order valence-corrected chi connectivity index (χ3v) is 2.38. The third-order valence-electron chi connectivity index (χ3n) is 2.21. The summed E-state index contributed by atoms with van der Waals surface area (Å²) in [6.07, 6.45) is -3.54. The van der Waals surface area contributed by atoms with E-state index in [2.05, 4.69) is 25.5 Å². The van der Waals surface area contributed by atoms with Crippen molar-refractivity contribution in [3.8, 4) is 0 Å². The van der Waals surface area contributed by atoms with E-state index in [0.29, 0.717) is 16.9 Å². The van der Waals surface area contributed by atoms with E-state index in [1.165, 1.54) is 6.20 Å². The molecule has 0 unspecified atom stereocenters. The Balaban J connectivity index is 2.01. The molecule has 0 aliphatic heterocycles. The van der Waals surface area contributed by atoms with Crippen LogP contribution >= 0.6 is 11.6 Å². The molecule has 2 aromatic heterocycles. The van der Waals surface area contributed by atoms with Gasteiger partial charge in [0.05, 0.1) is 11.6 Å². The molecule has 0 bridgehead atoms. The highest BCUT2D eigenvalue weighted by Gasteiger charge is 2.25. The number of alkyl halides is 3. The van der Waals surface area contributed by atoms with Crippen molar-refractivity contribution in [1.82, 2.24) is 20.2 Å². The van der Waals surface area contributed by atoms with Gasteiger partial charge in [0.15, 0.2) is 5.65 Å². The Morgan fingerprint density at radius 1 is 1.33 bits per heavy atom. The molecule has 5 nitrogen and oxygen atoms in total. The van der Waals surface area contributed by atoms with E-state index in [1.807, 2.05) is 0 Å². The van der Waals surface area contributed by atoms with Crippen LogP contribution in [-0.4, -0.2) is 32.9 Å². The summed E-state index contributed by atoms with van der Waals surface area (Å²) in [5.41, 5.74) is 0.438.